The number of hydrogen-bond donors (Lipinski definition) is 2. The number of nitrogens with one attached hydrogen (secondary N) is 1. The summed E-state index contributed by atoms with van der Waals surface area (Å²) < 4.78 is 0. The molecule has 0 aromatic heterocycles. The number of aliphatic carboxylic acids is 1. The molecule has 0 rings (SSSR count). The van der Waals surface area contributed by atoms with Gasteiger partial charge in [-0.15, -0.1) is 0 Å². The Bertz CT molecular complexity index is 257. The summed E-state index contributed by atoms with van der Waals surface area (Å²) in [5.74, 6) is -0.734. The van der Waals surface area contributed by atoms with Crippen LogP contribution in [-0.4, -0.2) is 41.6 Å². The van der Waals surface area contributed by atoms with Gasteiger partial charge in [-0.25, -0.2) is 4.79 Å². The fraction of sp³-hybridized carbons (Fsp3) is 0.857. The molecule has 0 fully saturated rings. The number of carboxylic acids is 1. The molecular weight excluding hydrogens is 244 g/mol. The number of hydrogen-bond acceptors (Lipinski definition) is 2. The molecule has 0 aromatic rings. The SMILES string of the molecule is CCCCN(CC)C(=O)NCCCCCCC(=O)O. The van der Waals surface area contributed by atoms with Crippen LogP contribution in [0.2, 0.25) is 0 Å². The van der Waals surface area contributed by atoms with E-state index in [4.69, 9.17) is 5.11 Å². The molecule has 0 heterocycles. The summed E-state index contributed by atoms with van der Waals surface area (Å²) in [6, 6.07) is 0.0153. The van der Waals surface area contributed by atoms with E-state index in [1.807, 2.05) is 11.8 Å². The van der Waals surface area contributed by atoms with E-state index >= 15 is 0 Å². The smallest absolute Gasteiger partial charge is 0.317 e. The lowest BCUT2D eigenvalue weighted by Crippen LogP contribution is -2.40. The van der Waals surface area contributed by atoms with Gasteiger partial charge < -0.3 is 15.3 Å². The molecule has 0 spiro atoms. The second kappa shape index (κ2) is 11.8. The average Bonchev–Trinajstić information content (AvgIpc) is 2.38. The van der Waals surface area contributed by atoms with Gasteiger partial charge in [-0.05, 0) is 26.2 Å². The van der Waals surface area contributed by atoms with Gasteiger partial charge in [0.05, 0.1) is 0 Å². The Morgan fingerprint density at radius 2 is 1.74 bits per heavy atom. The van der Waals surface area contributed by atoms with Crippen LogP contribution in [0.4, 0.5) is 4.79 Å². The molecule has 0 unspecified atom stereocenters. The van der Waals surface area contributed by atoms with E-state index in [-0.39, 0.29) is 12.5 Å². The van der Waals surface area contributed by atoms with Gasteiger partial charge in [0.2, 0.25) is 0 Å². The average molecular weight is 272 g/mol. The van der Waals surface area contributed by atoms with Gasteiger partial charge in [-0.3, -0.25) is 4.79 Å². The normalized spacial score (nSPS) is 10.2. The van der Waals surface area contributed by atoms with Crippen LogP contribution in [0.1, 0.15) is 58.8 Å². The number of unbranched alkanes of at least 4 members (excludes halogenated alkanes) is 4. The highest BCUT2D eigenvalue weighted by atomic mass is 16.4. The summed E-state index contributed by atoms with van der Waals surface area (Å²) in [6.45, 7) is 6.33. The quantitative estimate of drug-likeness (QED) is 0.568. The standard InChI is InChI=1S/C14H28N2O3/c1-3-5-12-16(4-2)14(19)15-11-9-7-6-8-10-13(17)18/h3-12H2,1-2H3,(H,15,19)(H,17,18). The number of amides is 2. The van der Waals surface area contributed by atoms with E-state index in [1.165, 1.54) is 0 Å². The first kappa shape index (κ1) is 17.7. The van der Waals surface area contributed by atoms with Gasteiger partial charge in [0.25, 0.3) is 0 Å². The van der Waals surface area contributed by atoms with Crippen LogP contribution in [0.25, 0.3) is 0 Å². The lowest BCUT2D eigenvalue weighted by Gasteiger charge is -2.21. The van der Waals surface area contributed by atoms with Crippen molar-refractivity contribution >= 4 is 12.0 Å². The molecule has 2 amide bonds. The predicted molar refractivity (Wildman–Crippen MR) is 76.3 cm³/mol. The van der Waals surface area contributed by atoms with Crippen molar-refractivity contribution in [1.82, 2.24) is 10.2 Å². The second-order valence-electron chi connectivity index (χ2n) is 4.72. The van der Waals surface area contributed by atoms with Crippen LogP contribution in [0.5, 0.6) is 0 Å². The van der Waals surface area contributed by atoms with Crippen molar-refractivity contribution in [1.29, 1.82) is 0 Å². The minimum atomic E-state index is -0.734. The topological polar surface area (TPSA) is 69.6 Å². The molecule has 19 heavy (non-hydrogen) atoms. The first-order valence-electron chi connectivity index (χ1n) is 7.36. The lowest BCUT2D eigenvalue weighted by molar-refractivity contribution is -0.137. The number of rotatable bonds is 11. The van der Waals surface area contributed by atoms with Crippen molar-refractivity contribution in [2.75, 3.05) is 19.6 Å². The summed E-state index contributed by atoms with van der Waals surface area (Å²) in [7, 11) is 0. The van der Waals surface area contributed by atoms with Crippen LogP contribution < -0.4 is 5.32 Å². The molecule has 0 saturated carbocycles. The summed E-state index contributed by atoms with van der Waals surface area (Å²) in [5, 5.41) is 11.4. The zero-order valence-corrected chi connectivity index (χ0v) is 12.3. The predicted octanol–water partition coefficient (Wildman–Crippen LogP) is 2.85. The number of carbonyl (C=O) groups excluding carboxylic acids is 1. The van der Waals surface area contributed by atoms with Gasteiger partial charge in [-0.2, -0.15) is 0 Å². The molecule has 0 bridgehead atoms. The molecular formula is C14H28N2O3. The van der Waals surface area contributed by atoms with Gasteiger partial charge in [-0.1, -0.05) is 26.2 Å². The number of carbonyl (C=O) groups is 2. The minimum absolute atomic E-state index is 0.0153. The van der Waals surface area contributed by atoms with E-state index in [0.29, 0.717) is 6.54 Å². The molecule has 0 atom stereocenters. The lowest BCUT2D eigenvalue weighted by atomic mass is 10.1. The maximum atomic E-state index is 11.8. The van der Waals surface area contributed by atoms with Crippen molar-refractivity contribution in [3.8, 4) is 0 Å². The molecule has 5 nitrogen and oxygen atoms in total. The summed E-state index contributed by atoms with van der Waals surface area (Å²) in [5.41, 5.74) is 0. The van der Waals surface area contributed by atoms with Gasteiger partial charge in [0.1, 0.15) is 0 Å². The highest BCUT2D eigenvalue weighted by Gasteiger charge is 2.09. The largest absolute Gasteiger partial charge is 0.481 e. The first-order valence-corrected chi connectivity index (χ1v) is 7.36. The molecule has 0 aliphatic heterocycles. The van der Waals surface area contributed by atoms with Gasteiger partial charge in [0, 0.05) is 26.1 Å². The molecule has 2 N–H and O–H groups in total. The number of urea groups is 1. The van der Waals surface area contributed by atoms with Crippen LogP contribution in [0, 0.1) is 0 Å². The fourth-order valence-corrected chi connectivity index (χ4v) is 1.81. The zero-order chi connectivity index (χ0) is 14.5. The highest BCUT2D eigenvalue weighted by Crippen LogP contribution is 2.02. The Morgan fingerprint density at radius 1 is 1.05 bits per heavy atom. The van der Waals surface area contributed by atoms with Crippen LogP contribution >= 0.6 is 0 Å². The Kier molecular flexibility index (Phi) is 11.0. The molecule has 0 radical (unpaired) electrons. The summed E-state index contributed by atoms with van der Waals surface area (Å²) >= 11 is 0. The van der Waals surface area contributed by atoms with Crippen molar-refractivity contribution in [3.05, 3.63) is 0 Å². The minimum Gasteiger partial charge on any atom is -0.481 e. The third-order valence-electron chi connectivity index (χ3n) is 3.04. The third kappa shape index (κ3) is 10.4. The maximum absolute atomic E-state index is 11.8. The van der Waals surface area contributed by atoms with E-state index in [9.17, 15) is 9.59 Å². The molecule has 0 aliphatic carbocycles. The zero-order valence-electron chi connectivity index (χ0n) is 12.3. The van der Waals surface area contributed by atoms with Crippen LogP contribution in [0.3, 0.4) is 0 Å². The van der Waals surface area contributed by atoms with Crippen molar-refractivity contribution < 1.29 is 14.7 Å². The third-order valence-corrected chi connectivity index (χ3v) is 3.04. The van der Waals surface area contributed by atoms with Crippen molar-refractivity contribution in [2.24, 2.45) is 0 Å². The summed E-state index contributed by atoms with van der Waals surface area (Å²) in [4.78, 5) is 23.9. The van der Waals surface area contributed by atoms with Gasteiger partial charge >= 0.3 is 12.0 Å². The molecule has 112 valence electrons. The van der Waals surface area contributed by atoms with E-state index < -0.39 is 5.97 Å². The van der Waals surface area contributed by atoms with Crippen LogP contribution in [0.15, 0.2) is 0 Å². The van der Waals surface area contributed by atoms with E-state index in [2.05, 4.69) is 12.2 Å². The van der Waals surface area contributed by atoms with Crippen LogP contribution in [-0.2, 0) is 4.79 Å². The van der Waals surface area contributed by atoms with E-state index in [0.717, 1.165) is 51.6 Å². The number of nitrogens with zero attached hydrogens (tertiary/aromatic N) is 1. The van der Waals surface area contributed by atoms with Crippen molar-refractivity contribution in [2.45, 2.75) is 58.8 Å². The fourth-order valence-electron chi connectivity index (χ4n) is 1.81. The maximum Gasteiger partial charge on any atom is 0.317 e. The Balaban J connectivity index is 3.53. The molecule has 0 saturated heterocycles. The Hall–Kier alpha value is -1.26. The Morgan fingerprint density at radius 3 is 2.32 bits per heavy atom. The second-order valence-corrected chi connectivity index (χ2v) is 4.72. The molecule has 0 aliphatic rings. The molecule has 0 aromatic carbocycles. The molecule has 5 heteroatoms. The highest BCUT2D eigenvalue weighted by molar-refractivity contribution is 5.74. The van der Waals surface area contributed by atoms with Gasteiger partial charge in [0.15, 0.2) is 0 Å². The summed E-state index contributed by atoms with van der Waals surface area (Å²) in [6.07, 6.45) is 5.89. The first-order chi connectivity index (χ1) is 9.11. The Labute approximate surface area is 116 Å². The monoisotopic (exact) mass is 272 g/mol. The van der Waals surface area contributed by atoms with E-state index in [1.54, 1.807) is 0 Å². The number of carboxylic acid groups (broad SMARTS) is 1. The van der Waals surface area contributed by atoms with Crippen molar-refractivity contribution in [3.63, 3.8) is 0 Å².